The molecule has 6 nitrogen and oxygen atoms in total. The van der Waals surface area contributed by atoms with Crippen LogP contribution in [0, 0.1) is 0 Å². The van der Waals surface area contributed by atoms with E-state index in [4.69, 9.17) is 9.26 Å². The molecule has 0 unspecified atom stereocenters. The highest BCUT2D eigenvalue weighted by Gasteiger charge is 2.32. The zero-order valence-corrected chi connectivity index (χ0v) is 14.7. The Morgan fingerprint density at radius 3 is 3.04 bits per heavy atom. The molecular formula is C18H19N3O3S. The van der Waals surface area contributed by atoms with E-state index in [9.17, 15) is 4.79 Å². The zero-order chi connectivity index (χ0) is 16.8. The first-order chi connectivity index (χ1) is 12.3. The number of anilines is 1. The van der Waals surface area contributed by atoms with Gasteiger partial charge in [0.15, 0.2) is 5.82 Å². The monoisotopic (exact) mass is 357 g/mol. The SMILES string of the molecule is O=C(Nc1sc2c(c1-c1nc(C3CC3)no1)COCC2)C1=CCCC1. The fraction of sp³-hybridized carbons (Fsp3) is 0.500. The van der Waals surface area contributed by atoms with Crippen LogP contribution in [0.5, 0.6) is 0 Å². The van der Waals surface area contributed by atoms with Gasteiger partial charge in [-0.15, -0.1) is 11.3 Å². The summed E-state index contributed by atoms with van der Waals surface area (Å²) >= 11 is 1.61. The van der Waals surface area contributed by atoms with Gasteiger partial charge in [0.2, 0.25) is 0 Å². The second kappa shape index (κ2) is 6.07. The van der Waals surface area contributed by atoms with Gasteiger partial charge in [-0.2, -0.15) is 4.98 Å². The molecule has 1 aliphatic heterocycles. The van der Waals surface area contributed by atoms with E-state index in [0.717, 1.165) is 66.1 Å². The highest BCUT2D eigenvalue weighted by atomic mass is 32.1. The Morgan fingerprint density at radius 2 is 2.24 bits per heavy atom. The molecule has 5 rings (SSSR count). The van der Waals surface area contributed by atoms with E-state index in [0.29, 0.717) is 25.0 Å². The highest BCUT2D eigenvalue weighted by molar-refractivity contribution is 7.17. The van der Waals surface area contributed by atoms with Crippen LogP contribution in [0.2, 0.25) is 0 Å². The van der Waals surface area contributed by atoms with Crippen LogP contribution in [0.1, 0.15) is 54.3 Å². The van der Waals surface area contributed by atoms with E-state index < -0.39 is 0 Å². The van der Waals surface area contributed by atoms with Gasteiger partial charge in [0.1, 0.15) is 5.00 Å². The molecule has 0 radical (unpaired) electrons. The lowest BCUT2D eigenvalue weighted by atomic mass is 10.1. The van der Waals surface area contributed by atoms with E-state index in [1.807, 2.05) is 6.08 Å². The van der Waals surface area contributed by atoms with Gasteiger partial charge in [0, 0.05) is 28.4 Å². The molecule has 0 spiro atoms. The lowest BCUT2D eigenvalue weighted by molar-refractivity contribution is -0.112. The average molecular weight is 357 g/mol. The number of aromatic nitrogens is 2. The van der Waals surface area contributed by atoms with E-state index in [2.05, 4.69) is 15.5 Å². The Morgan fingerprint density at radius 1 is 1.32 bits per heavy atom. The predicted molar refractivity (Wildman–Crippen MR) is 93.5 cm³/mol. The fourth-order valence-electron chi connectivity index (χ4n) is 3.42. The van der Waals surface area contributed by atoms with Crippen molar-refractivity contribution in [3.63, 3.8) is 0 Å². The predicted octanol–water partition coefficient (Wildman–Crippen LogP) is 3.80. The van der Waals surface area contributed by atoms with E-state index in [1.165, 1.54) is 4.88 Å². The van der Waals surface area contributed by atoms with Crippen LogP contribution in [0.25, 0.3) is 11.5 Å². The van der Waals surface area contributed by atoms with Gasteiger partial charge < -0.3 is 14.6 Å². The normalized spacial score (nSPS) is 19.6. The van der Waals surface area contributed by atoms with Crippen LogP contribution in [0.4, 0.5) is 5.00 Å². The number of hydrogen-bond donors (Lipinski definition) is 1. The molecule has 25 heavy (non-hydrogen) atoms. The van der Waals surface area contributed by atoms with Crippen molar-refractivity contribution in [1.29, 1.82) is 0 Å². The molecule has 0 saturated heterocycles. The number of carbonyl (C=O) groups is 1. The Labute approximate surface area is 149 Å². The van der Waals surface area contributed by atoms with Crippen LogP contribution < -0.4 is 5.32 Å². The van der Waals surface area contributed by atoms with Crippen molar-refractivity contribution in [2.45, 2.75) is 51.0 Å². The molecule has 1 fully saturated rings. The number of amides is 1. The van der Waals surface area contributed by atoms with E-state index in [-0.39, 0.29) is 5.91 Å². The number of nitrogens with one attached hydrogen (secondary N) is 1. The van der Waals surface area contributed by atoms with E-state index in [1.54, 1.807) is 11.3 Å². The number of ether oxygens (including phenoxy) is 1. The third-order valence-electron chi connectivity index (χ3n) is 4.97. The maximum atomic E-state index is 12.6. The minimum Gasteiger partial charge on any atom is -0.376 e. The number of carbonyl (C=O) groups excluding carboxylic acids is 1. The molecule has 3 heterocycles. The number of hydrogen-bond acceptors (Lipinski definition) is 6. The second-order valence-corrected chi connectivity index (χ2v) is 7.92. The van der Waals surface area contributed by atoms with Gasteiger partial charge in [-0.3, -0.25) is 4.79 Å². The molecule has 1 saturated carbocycles. The standard InChI is InChI=1S/C18H19N3O3S/c22-16(11-3-1-2-4-11)20-18-14(12-9-23-8-7-13(12)25-18)17-19-15(21-24-17)10-5-6-10/h3,10H,1-2,4-9H2,(H,20,22). The molecule has 0 atom stereocenters. The van der Waals surface area contributed by atoms with Gasteiger partial charge in [0.25, 0.3) is 11.8 Å². The molecule has 2 aromatic heterocycles. The van der Waals surface area contributed by atoms with Gasteiger partial charge in [-0.1, -0.05) is 11.2 Å². The number of fused-ring (bicyclic) bond motifs is 1. The summed E-state index contributed by atoms with van der Waals surface area (Å²) in [4.78, 5) is 18.4. The van der Waals surface area contributed by atoms with Gasteiger partial charge >= 0.3 is 0 Å². The van der Waals surface area contributed by atoms with Crippen LogP contribution in [-0.4, -0.2) is 22.7 Å². The van der Waals surface area contributed by atoms with Gasteiger partial charge in [-0.25, -0.2) is 0 Å². The van der Waals surface area contributed by atoms with Crippen molar-refractivity contribution in [3.05, 3.63) is 27.9 Å². The van der Waals surface area contributed by atoms with Crippen molar-refractivity contribution in [3.8, 4) is 11.5 Å². The van der Waals surface area contributed by atoms with Crippen LogP contribution >= 0.6 is 11.3 Å². The summed E-state index contributed by atoms with van der Waals surface area (Å²) in [6.45, 7) is 1.24. The Kier molecular flexibility index (Phi) is 3.71. The van der Waals surface area contributed by atoms with Crippen LogP contribution in [0.15, 0.2) is 16.2 Å². The second-order valence-electron chi connectivity index (χ2n) is 6.82. The molecule has 2 aliphatic carbocycles. The minimum atomic E-state index is -0.0137. The van der Waals surface area contributed by atoms with Crippen molar-refractivity contribution >= 4 is 22.2 Å². The number of nitrogens with zero attached hydrogens (tertiary/aromatic N) is 2. The van der Waals surface area contributed by atoms with Crippen LogP contribution in [-0.2, 0) is 22.6 Å². The number of rotatable bonds is 4. The fourth-order valence-corrected chi connectivity index (χ4v) is 4.60. The smallest absolute Gasteiger partial charge is 0.261 e. The molecule has 1 N–H and O–H groups in total. The summed E-state index contributed by atoms with van der Waals surface area (Å²) in [6.07, 6.45) is 8.03. The Hall–Kier alpha value is -1.99. The Bertz CT molecular complexity index is 863. The van der Waals surface area contributed by atoms with Gasteiger partial charge in [0.05, 0.1) is 18.8 Å². The summed E-state index contributed by atoms with van der Waals surface area (Å²) in [5.41, 5.74) is 2.81. The lowest BCUT2D eigenvalue weighted by Crippen LogP contribution is -2.13. The molecule has 130 valence electrons. The van der Waals surface area contributed by atoms with Crippen molar-refractivity contribution in [1.82, 2.24) is 10.1 Å². The maximum absolute atomic E-state index is 12.6. The quantitative estimate of drug-likeness (QED) is 0.901. The first-order valence-electron chi connectivity index (χ1n) is 8.86. The molecule has 1 amide bonds. The zero-order valence-electron chi connectivity index (χ0n) is 13.8. The first-order valence-corrected chi connectivity index (χ1v) is 9.68. The summed E-state index contributed by atoms with van der Waals surface area (Å²) in [7, 11) is 0. The molecular weight excluding hydrogens is 338 g/mol. The highest BCUT2D eigenvalue weighted by Crippen LogP contribution is 2.44. The third-order valence-corrected chi connectivity index (χ3v) is 6.18. The molecule has 0 bridgehead atoms. The minimum absolute atomic E-state index is 0.0137. The van der Waals surface area contributed by atoms with Crippen molar-refractivity contribution in [2.75, 3.05) is 11.9 Å². The van der Waals surface area contributed by atoms with E-state index >= 15 is 0 Å². The largest absolute Gasteiger partial charge is 0.376 e. The number of thiophene rings is 1. The molecule has 2 aromatic rings. The maximum Gasteiger partial charge on any atom is 0.261 e. The third kappa shape index (κ3) is 2.81. The molecule has 7 heteroatoms. The first kappa shape index (κ1) is 15.3. The summed E-state index contributed by atoms with van der Waals surface area (Å²) in [5, 5.41) is 8.03. The molecule has 3 aliphatic rings. The summed E-state index contributed by atoms with van der Waals surface area (Å²) in [6, 6.07) is 0. The summed E-state index contributed by atoms with van der Waals surface area (Å²) in [5.74, 6) is 1.70. The Balaban J connectivity index is 1.52. The molecule has 0 aromatic carbocycles. The average Bonchev–Trinajstić information content (AvgIpc) is 3.05. The summed E-state index contributed by atoms with van der Waals surface area (Å²) < 4.78 is 11.2. The van der Waals surface area contributed by atoms with Crippen LogP contribution in [0.3, 0.4) is 0 Å². The van der Waals surface area contributed by atoms with Gasteiger partial charge in [-0.05, 0) is 32.1 Å². The topological polar surface area (TPSA) is 77.3 Å². The number of allylic oxidation sites excluding steroid dienone is 1. The lowest BCUT2D eigenvalue weighted by Gasteiger charge is -2.12. The van der Waals surface area contributed by atoms with Crippen molar-refractivity contribution in [2.24, 2.45) is 0 Å². The van der Waals surface area contributed by atoms with Crippen molar-refractivity contribution < 1.29 is 14.1 Å².